The molecule has 0 bridgehead atoms. The van der Waals surface area contributed by atoms with Crippen LogP contribution in [0.5, 0.6) is 0 Å². The first kappa shape index (κ1) is 14.8. The van der Waals surface area contributed by atoms with Crippen molar-refractivity contribution < 1.29 is 4.74 Å². The van der Waals surface area contributed by atoms with Crippen LogP contribution < -0.4 is 5.73 Å². The van der Waals surface area contributed by atoms with Crippen LogP contribution in [-0.2, 0) is 4.74 Å². The molecular weight excluding hydrogens is 248 g/mol. The molecule has 116 valence electrons. The van der Waals surface area contributed by atoms with Crippen molar-refractivity contribution in [2.45, 2.75) is 94.4 Å². The fourth-order valence-corrected chi connectivity index (χ4v) is 4.73. The molecule has 0 aromatic rings. The molecule has 2 aliphatic carbocycles. The van der Waals surface area contributed by atoms with Gasteiger partial charge in [-0.05, 0) is 45.6 Å². The van der Waals surface area contributed by atoms with E-state index in [-0.39, 0.29) is 5.60 Å². The number of ether oxygens (including phenoxy) is 1. The number of nitrogens with zero attached hydrogens (tertiary/aromatic N) is 1. The zero-order chi connectivity index (χ0) is 14.0. The van der Waals surface area contributed by atoms with Crippen LogP contribution in [0.2, 0.25) is 0 Å². The van der Waals surface area contributed by atoms with Gasteiger partial charge in [0.15, 0.2) is 0 Å². The SMILES string of the molecule is CN(CC1CCC2(CCCCC2)O1)C1CCCCC1N. The van der Waals surface area contributed by atoms with Crippen molar-refractivity contribution in [2.75, 3.05) is 13.6 Å². The van der Waals surface area contributed by atoms with Crippen LogP contribution in [-0.4, -0.2) is 42.3 Å². The zero-order valence-electron chi connectivity index (χ0n) is 13.2. The maximum absolute atomic E-state index is 6.50. The summed E-state index contributed by atoms with van der Waals surface area (Å²) in [7, 11) is 2.26. The van der Waals surface area contributed by atoms with Gasteiger partial charge in [0.05, 0.1) is 11.7 Å². The third kappa shape index (κ3) is 3.20. The topological polar surface area (TPSA) is 38.5 Å². The lowest BCUT2D eigenvalue weighted by molar-refractivity contribution is -0.0740. The summed E-state index contributed by atoms with van der Waals surface area (Å²) < 4.78 is 6.50. The molecule has 3 fully saturated rings. The largest absolute Gasteiger partial charge is 0.370 e. The third-order valence-electron chi connectivity index (χ3n) is 5.94. The van der Waals surface area contributed by atoms with Crippen LogP contribution in [0.3, 0.4) is 0 Å². The second-order valence-electron chi connectivity index (χ2n) is 7.48. The summed E-state index contributed by atoms with van der Waals surface area (Å²) in [5, 5.41) is 0. The highest BCUT2D eigenvalue weighted by atomic mass is 16.5. The smallest absolute Gasteiger partial charge is 0.0710 e. The molecule has 2 saturated carbocycles. The molecule has 3 rings (SSSR count). The first-order chi connectivity index (χ1) is 9.69. The highest BCUT2D eigenvalue weighted by Gasteiger charge is 2.41. The summed E-state index contributed by atoms with van der Waals surface area (Å²) in [4.78, 5) is 2.50. The molecular formula is C17H32N2O. The molecule has 3 aliphatic rings. The third-order valence-corrected chi connectivity index (χ3v) is 5.94. The number of likely N-dealkylation sites (N-methyl/N-ethyl adjacent to an activating group) is 1. The van der Waals surface area contributed by atoms with Crippen molar-refractivity contribution in [2.24, 2.45) is 5.73 Å². The summed E-state index contributed by atoms with van der Waals surface area (Å²) in [5.74, 6) is 0. The number of hydrogen-bond acceptors (Lipinski definition) is 3. The normalized spacial score (nSPS) is 37.6. The van der Waals surface area contributed by atoms with Crippen LogP contribution in [0.15, 0.2) is 0 Å². The second-order valence-corrected chi connectivity index (χ2v) is 7.48. The Morgan fingerprint density at radius 3 is 2.50 bits per heavy atom. The van der Waals surface area contributed by atoms with E-state index in [1.165, 1.54) is 70.6 Å². The van der Waals surface area contributed by atoms with Gasteiger partial charge >= 0.3 is 0 Å². The van der Waals surface area contributed by atoms with Gasteiger partial charge in [-0.25, -0.2) is 0 Å². The Labute approximate surface area is 124 Å². The summed E-state index contributed by atoms with van der Waals surface area (Å²) in [5.41, 5.74) is 6.57. The molecule has 1 heterocycles. The van der Waals surface area contributed by atoms with Crippen LogP contribution >= 0.6 is 0 Å². The predicted octanol–water partition coefficient (Wildman–Crippen LogP) is 3.07. The molecule has 3 nitrogen and oxygen atoms in total. The second kappa shape index (κ2) is 6.33. The quantitative estimate of drug-likeness (QED) is 0.863. The van der Waals surface area contributed by atoms with E-state index >= 15 is 0 Å². The van der Waals surface area contributed by atoms with Gasteiger partial charge in [-0.2, -0.15) is 0 Å². The van der Waals surface area contributed by atoms with Crippen LogP contribution in [0.25, 0.3) is 0 Å². The predicted molar refractivity (Wildman–Crippen MR) is 82.8 cm³/mol. The molecule has 2 N–H and O–H groups in total. The van der Waals surface area contributed by atoms with E-state index in [1.54, 1.807) is 0 Å². The van der Waals surface area contributed by atoms with Crippen LogP contribution in [0.4, 0.5) is 0 Å². The Bertz CT molecular complexity index is 314. The Kier molecular flexibility index (Phi) is 4.68. The van der Waals surface area contributed by atoms with Gasteiger partial charge in [0.25, 0.3) is 0 Å². The molecule has 1 spiro atoms. The Hall–Kier alpha value is -0.120. The van der Waals surface area contributed by atoms with Gasteiger partial charge in [-0.15, -0.1) is 0 Å². The van der Waals surface area contributed by atoms with Crippen molar-refractivity contribution in [3.05, 3.63) is 0 Å². The van der Waals surface area contributed by atoms with E-state index < -0.39 is 0 Å². The minimum Gasteiger partial charge on any atom is -0.370 e. The monoisotopic (exact) mass is 280 g/mol. The van der Waals surface area contributed by atoms with E-state index in [9.17, 15) is 0 Å². The molecule has 20 heavy (non-hydrogen) atoms. The van der Waals surface area contributed by atoms with E-state index in [1.807, 2.05) is 0 Å². The Morgan fingerprint density at radius 1 is 1.00 bits per heavy atom. The highest BCUT2D eigenvalue weighted by molar-refractivity contribution is 4.93. The molecule has 3 heteroatoms. The van der Waals surface area contributed by atoms with E-state index in [0.29, 0.717) is 18.2 Å². The molecule has 0 aromatic heterocycles. The van der Waals surface area contributed by atoms with Crippen molar-refractivity contribution in [3.63, 3.8) is 0 Å². The molecule has 3 unspecified atom stereocenters. The zero-order valence-corrected chi connectivity index (χ0v) is 13.2. The molecule has 1 saturated heterocycles. The van der Waals surface area contributed by atoms with Crippen molar-refractivity contribution >= 4 is 0 Å². The summed E-state index contributed by atoms with van der Waals surface area (Å²) in [6.45, 7) is 1.08. The van der Waals surface area contributed by atoms with Gasteiger partial charge < -0.3 is 10.5 Å². The maximum Gasteiger partial charge on any atom is 0.0710 e. The molecule has 0 radical (unpaired) electrons. The summed E-state index contributed by atoms with van der Waals surface area (Å²) in [6.07, 6.45) is 14.9. The maximum atomic E-state index is 6.50. The molecule has 0 aromatic carbocycles. The number of hydrogen-bond donors (Lipinski definition) is 1. The fraction of sp³-hybridized carbons (Fsp3) is 1.00. The Morgan fingerprint density at radius 2 is 1.75 bits per heavy atom. The minimum absolute atomic E-state index is 0.262. The van der Waals surface area contributed by atoms with Crippen molar-refractivity contribution in [3.8, 4) is 0 Å². The minimum atomic E-state index is 0.262. The lowest BCUT2D eigenvalue weighted by atomic mass is 9.83. The van der Waals surface area contributed by atoms with Crippen molar-refractivity contribution in [1.29, 1.82) is 0 Å². The summed E-state index contributed by atoms with van der Waals surface area (Å²) >= 11 is 0. The highest BCUT2D eigenvalue weighted by Crippen LogP contribution is 2.42. The average Bonchev–Trinajstić information content (AvgIpc) is 2.82. The average molecular weight is 280 g/mol. The first-order valence-electron chi connectivity index (χ1n) is 8.82. The van der Waals surface area contributed by atoms with E-state index in [0.717, 1.165) is 6.54 Å². The molecule has 1 aliphatic heterocycles. The van der Waals surface area contributed by atoms with Gasteiger partial charge in [0.1, 0.15) is 0 Å². The number of nitrogens with two attached hydrogens (primary N) is 1. The Balaban J connectivity index is 1.50. The van der Waals surface area contributed by atoms with Gasteiger partial charge in [0.2, 0.25) is 0 Å². The van der Waals surface area contributed by atoms with Gasteiger partial charge in [-0.1, -0.05) is 32.1 Å². The lowest BCUT2D eigenvalue weighted by Crippen LogP contribution is -2.50. The molecule has 0 amide bonds. The van der Waals surface area contributed by atoms with E-state index in [2.05, 4.69) is 11.9 Å². The molecule has 3 atom stereocenters. The van der Waals surface area contributed by atoms with E-state index in [4.69, 9.17) is 10.5 Å². The summed E-state index contributed by atoms with van der Waals surface area (Å²) in [6, 6.07) is 0.953. The standard InChI is InChI=1S/C17H32N2O/c1-19(16-8-4-3-7-15(16)18)13-14-9-12-17(20-14)10-5-2-6-11-17/h14-16H,2-13,18H2,1H3. The van der Waals surface area contributed by atoms with Gasteiger partial charge in [-0.3, -0.25) is 4.90 Å². The first-order valence-corrected chi connectivity index (χ1v) is 8.82. The lowest BCUT2D eigenvalue weighted by Gasteiger charge is -2.38. The van der Waals surface area contributed by atoms with Crippen LogP contribution in [0.1, 0.15) is 70.6 Å². The number of rotatable bonds is 3. The van der Waals surface area contributed by atoms with Gasteiger partial charge in [0, 0.05) is 18.6 Å². The van der Waals surface area contributed by atoms with Crippen molar-refractivity contribution in [1.82, 2.24) is 4.90 Å². The van der Waals surface area contributed by atoms with Crippen LogP contribution in [0, 0.1) is 0 Å². The fourth-order valence-electron chi connectivity index (χ4n) is 4.73.